The van der Waals surface area contributed by atoms with Gasteiger partial charge < -0.3 is 0 Å². The van der Waals surface area contributed by atoms with Crippen molar-refractivity contribution in [3.8, 4) is 17.2 Å². The first-order chi connectivity index (χ1) is 12.6. The topological polar surface area (TPSA) is 27.7 Å². The average Bonchev–Trinajstić information content (AvgIpc) is 2.64. The van der Waals surface area contributed by atoms with Gasteiger partial charge >= 0.3 is 59.6 Å². The van der Waals surface area contributed by atoms with Crippen molar-refractivity contribution in [1.29, 1.82) is 0 Å². The van der Waals surface area contributed by atoms with Crippen LogP contribution in [0, 0.1) is 0 Å². The molecule has 26 heavy (non-hydrogen) atoms. The zero-order chi connectivity index (χ0) is 18.6. The molecule has 0 heterocycles. The first-order valence-electron chi connectivity index (χ1n) is 7.32. The van der Waals surface area contributed by atoms with Crippen LogP contribution in [0.1, 0.15) is 0 Å². The molecule has 0 fully saturated rings. The van der Waals surface area contributed by atoms with Gasteiger partial charge in [0.05, 0.1) is 0 Å². The molecule has 0 unspecified atom stereocenters. The summed E-state index contributed by atoms with van der Waals surface area (Å²) in [5.41, 5.74) is 0. The van der Waals surface area contributed by atoms with E-state index in [-0.39, 0.29) is 0 Å². The van der Waals surface area contributed by atoms with Crippen LogP contribution in [0.3, 0.4) is 0 Å². The summed E-state index contributed by atoms with van der Waals surface area (Å²) in [4.78, 5) is 0. The van der Waals surface area contributed by atoms with Crippen molar-refractivity contribution in [3.63, 3.8) is 0 Å². The minimum atomic E-state index is -2.00. The van der Waals surface area contributed by atoms with Gasteiger partial charge in [0.2, 0.25) is 0 Å². The molecule has 0 aliphatic rings. The van der Waals surface area contributed by atoms with Gasteiger partial charge in [0.25, 0.3) is 0 Å². The van der Waals surface area contributed by atoms with E-state index >= 15 is 0 Å². The molecule has 3 nitrogen and oxygen atoms in total. The third-order valence-corrected chi connectivity index (χ3v) is 4.04. The van der Waals surface area contributed by atoms with E-state index in [1.807, 2.05) is 91.0 Å². The fourth-order valence-corrected chi connectivity index (χ4v) is 2.93. The summed E-state index contributed by atoms with van der Waals surface area (Å²) in [6, 6.07) is 28.6. The number of para-hydroxylation sites is 3. The maximum Gasteiger partial charge on any atom is 0.528 e. The van der Waals surface area contributed by atoms with Crippen molar-refractivity contribution in [2.45, 2.75) is 0 Å². The second-order valence-electron chi connectivity index (χ2n) is 4.63. The van der Waals surface area contributed by atoms with Crippen LogP contribution in [0.5, 0.6) is 17.2 Å². The van der Waals surface area contributed by atoms with Crippen LogP contribution in [0.25, 0.3) is 0 Å². The molecule has 0 aliphatic heterocycles. The SMILES string of the molecule is [Br][Pd-]([Br])[Br].c1ccc(O[PH+](Oc2ccccc2)Oc2ccccc2)cc1. The van der Waals surface area contributed by atoms with Gasteiger partial charge in [-0.05, 0) is 36.4 Å². The molecule has 3 rings (SSSR count). The summed E-state index contributed by atoms with van der Waals surface area (Å²) < 4.78 is 17.6. The van der Waals surface area contributed by atoms with Gasteiger partial charge in [0.1, 0.15) is 0 Å². The van der Waals surface area contributed by atoms with E-state index in [4.69, 9.17) is 13.6 Å². The summed E-state index contributed by atoms with van der Waals surface area (Å²) in [7, 11) is -2.55. The number of benzene rings is 3. The van der Waals surface area contributed by atoms with Gasteiger partial charge in [-0.15, -0.1) is 0 Å². The Morgan fingerprint density at radius 3 is 0.962 bits per heavy atom. The van der Waals surface area contributed by atoms with Crippen LogP contribution >= 0.6 is 48.9 Å². The fourth-order valence-electron chi connectivity index (χ4n) is 1.82. The molecule has 0 radical (unpaired) electrons. The predicted octanol–water partition coefficient (Wildman–Crippen LogP) is 7.72. The molecule has 0 atom stereocenters. The minimum Gasteiger partial charge on any atom is -0.273 e. The van der Waals surface area contributed by atoms with Crippen molar-refractivity contribution < 1.29 is 24.3 Å². The summed E-state index contributed by atoms with van der Waals surface area (Å²) >= 11 is 9.66. The van der Waals surface area contributed by atoms with Crippen molar-refractivity contribution in [2.24, 2.45) is 0 Å². The van der Waals surface area contributed by atoms with Crippen molar-refractivity contribution in [3.05, 3.63) is 91.0 Å². The first kappa shape index (κ1) is 21.9. The van der Waals surface area contributed by atoms with Crippen LogP contribution in [0.4, 0.5) is 0 Å². The van der Waals surface area contributed by atoms with E-state index in [9.17, 15) is 0 Å². The maximum absolute atomic E-state index is 5.88. The van der Waals surface area contributed by atoms with Crippen LogP contribution in [0.15, 0.2) is 91.0 Å². The number of hydrogen-bond donors (Lipinski definition) is 0. The minimum absolute atomic E-state index is 0.546. The van der Waals surface area contributed by atoms with Gasteiger partial charge in [-0.25, -0.2) is 0 Å². The van der Waals surface area contributed by atoms with E-state index in [0.29, 0.717) is 0 Å². The Labute approximate surface area is 180 Å². The Morgan fingerprint density at radius 2 is 0.731 bits per heavy atom. The Kier molecular flexibility index (Phi) is 10.8. The monoisotopic (exact) mass is 654 g/mol. The number of rotatable bonds is 6. The Morgan fingerprint density at radius 1 is 0.500 bits per heavy atom. The molecule has 142 valence electrons. The standard InChI is InChI=1S/C18H16O3P.3BrH.Pd/c1-4-10-16(11-5-1)19-22(20-17-12-6-2-7-13-17)21-18-14-8-3-9-15-18;;;;/h1-15,22H;3*1H;/q+1;;;;+2/p-3. The van der Waals surface area contributed by atoms with E-state index in [0.717, 1.165) is 17.2 Å². The normalized spacial score (nSPS) is 10.4. The van der Waals surface area contributed by atoms with Crippen molar-refractivity contribution in [2.75, 3.05) is 0 Å². The first-order valence-corrected chi connectivity index (χ1v) is 19.2. The van der Waals surface area contributed by atoms with Crippen LogP contribution in [-0.4, -0.2) is 0 Å². The predicted molar refractivity (Wildman–Crippen MR) is 116 cm³/mol. The van der Waals surface area contributed by atoms with Gasteiger partial charge in [0, 0.05) is 0 Å². The zero-order valence-electron chi connectivity index (χ0n) is 13.3. The largest absolute Gasteiger partial charge is 0.528 e. The zero-order valence-corrected chi connectivity index (χ0v) is 20.6. The maximum atomic E-state index is 5.88. The van der Waals surface area contributed by atoms with E-state index in [1.54, 1.807) is 0 Å². The summed E-state index contributed by atoms with van der Waals surface area (Å²) in [6.45, 7) is 0. The third kappa shape index (κ3) is 9.51. The number of hydrogen-bond acceptors (Lipinski definition) is 3. The molecule has 0 saturated carbocycles. The van der Waals surface area contributed by atoms with Gasteiger partial charge in [-0.2, -0.15) is 0 Å². The Hall–Kier alpha value is -0.408. The summed E-state index contributed by atoms with van der Waals surface area (Å²) in [5.74, 6) is 2.18. The van der Waals surface area contributed by atoms with Crippen LogP contribution < -0.4 is 13.6 Å². The summed E-state index contributed by atoms with van der Waals surface area (Å²) in [6.07, 6.45) is 0. The smallest absolute Gasteiger partial charge is 0.273 e. The van der Waals surface area contributed by atoms with Gasteiger partial charge in [0.15, 0.2) is 17.2 Å². The second kappa shape index (κ2) is 12.9. The fraction of sp³-hybridized carbons (Fsp3) is 0. The average molecular weight is 657 g/mol. The van der Waals surface area contributed by atoms with E-state index in [1.165, 1.54) is 0 Å². The second-order valence-corrected chi connectivity index (χ2v) is 27.3. The quantitative estimate of drug-likeness (QED) is 0.201. The molecule has 0 spiro atoms. The molecule has 0 bridgehead atoms. The Balaban J connectivity index is 0.000000552. The van der Waals surface area contributed by atoms with Crippen LogP contribution in [0.2, 0.25) is 0 Å². The van der Waals surface area contributed by atoms with Crippen molar-refractivity contribution >= 4 is 48.9 Å². The summed E-state index contributed by atoms with van der Waals surface area (Å²) in [5, 5.41) is 0. The molecule has 0 saturated heterocycles. The van der Waals surface area contributed by atoms with Gasteiger partial charge in [-0.1, -0.05) is 54.6 Å². The van der Waals surface area contributed by atoms with Crippen LogP contribution in [-0.2, 0) is 10.7 Å². The molecule has 3 aromatic carbocycles. The molecule has 0 aromatic heterocycles. The van der Waals surface area contributed by atoms with E-state index in [2.05, 4.69) is 40.3 Å². The molecular formula is C18H16Br3O3PPd. The molecule has 0 aliphatic carbocycles. The molecular weight excluding hydrogens is 641 g/mol. The molecule has 0 amide bonds. The molecule has 0 N–H and O–H groups in total. The molecule has 8 heteroatoms. The van der Waals surface area contributed by atoms with Gasteiger partial charge in [-0.3, -0.25) is 13.6 Å². The molecule has 3 aromatic rings. The van der Waals surface area contributed by atoms with E-state index < -0.39 is 19.3 Å². The third-order valence-electron chi connectivity index (χ3n) is 2.83. The number of halogens is 3. The Bertz CT molecular complexity index is 635. The van der Waals surface area contributed by atoms with Crippen molar-refractivity contribution in [1.82, 2.24) is 0 Å².